The van der Waals surface area contributed by atoms with Crippen LogP contribution in [0, 0.1) is 0 Å². The normalized spacial score (nSPS) is 10.6. The number of nitrogens with one attached hydrogen (secondary N) is 1. The molecule has 0 aliphatic heterocycles. The second kappa shape index (κ2) is 7.55. The summed E-state index contributed by atoms with van der Waals surface area (Å²) in [5.41, 5.74) is 8.90. The van der Waals surface area contributed by atoms with E-state index < -0.39 is 5.97 Å². The van der Waals surface area contributed by atoms with E-state index in [1.54, 1.807) is 0 Å². The monoisotopic (exact) mass is 334 g/mol. The number of nitrogens with two attached hydrogens (primary N) is 1. The van der Waals surface area contributed by atoms with Crippen LogP contribution in [0.2, 0.25) is 0 Å². The largest absolute Gasteiger partial charge is 0.476 e. The smallest absolute Gasteiger partial charge is 0.358 e. The molecule has 0 atom stereocenters. The number of carboxylic acids is 1. The fourth-order valence-electron chi connectivity index (χ4n) is 2.48. The number of anilines is 1. The maximum Gasteiger partial charge on any atom is 0.358 e. The highest BCUT2D eigenvalue weighted by atomic mass is 16.4. The number of nitrogens with zero attached hydrogens (tertiary/aromatic N) is 2. The van der Waals surface area contributed by atoms with E-state index in [2.05, 4.69) is 27.4 Å². The van der Waals surface area contributed by atoms with E-state index in [-0.39, 0.29) is 11.5 Å². The molecule has 1 aromatic heterocycles. The maximum absolute atomic E-state index is 11.2. The summed E-state index contributed by atoms with van der Waals surface area (Å²) < 4.78 is 0. The minimum Gasteiger partial charge on any atom is -0.476 e. The number of benzene rings is 2. The SMILES string of the molecule is Nc1ncc(-c2cccc(CNCc3ccccc3)c2)nc1C(=O)O. The minimum absolute atomic E-state index is 0.0862. The Kier molecular flexibility index (Phi) is 5.01. The van der Waals surface area contributed by atoms with Crippen LogP contribution < -0.4 is 11.1 Å². The molecular formula is C19H18N4O2. The highest BCUT2D eigenvalue weighted by Gasteiger charge is 2.13. The summed E-state index contributed by atoms with van der Waals surface area (Å²) in [5, 5.41) is 12.5. The van der Waals surface area contributed by atoms with Gasteiger partial charge in [-0.25, -0.2) is 14.8 Å². The van der Waals surface area contributed by atoms with Gasteiger partial charge >= 0.3 is 5.97 Å². The van der Waals surface area contributed by atoms with Gasteiger partial charge in [0.25, 0.3) is 0 Å². The molecule has 0 aliphatic rings. The second-order valence-corrected chi connectivity index (χ2v) is 5.58. The van der Waals surface area contributed by atoms with Crippen molar-refractivity contribution in [3.63, 3.8) is 0 Å². The van der Waals surface area contributed by atoms with Crippen LogP contribution in [-0.4, -0.2) is 21.0 Å². The van der Waals surface area contributed by atoms with E-state index in [0.717, 1.165) is 17.7 Å². The summed E-state index contributed by atoms with van der Waals surface area (Å²) in [6, 6.07) is 17.9. The zero-order chi connectivity index (χ0) is 17.6. The van der Waals surface area contributed by atoms with Crippen LogP contribution in [0.25, 0.3) is 11.3 Å². The third-order valence-corrected chi connectivity index (χ3v) is 3.73. The van der Waals surface area contributed by atoms with Crippen LogP contribution in [0.15, 0.2) is 60.8 Å². The average molecular weight is 334 g/mol. The van der Waals surface area contributed by atoms with Crippen molar-refractivity contribution in [3.05, 3.63) is 77.6 Å². The number of nitrogen functional groups attached to an aromatic ring is 1. The molecule has 0 spiro atoms. The highest BCUT2D eigenvalue weighted by Crippen LogP contribution is 2.20. The number of carbonyl (C=O) groups is 1. The number of carboxylic acid groups (broad SMARTS) is 1. The van der Waals surface area contributed by atoms with Gasteiger partial charge in [-0.2, -0.15) is 0 Å². The molecule has 2 aromatic carbocycles. The molecule has 3 rings (SSSR count). The lowest BCUT2D eigenvalue weighted by Gasteiger charge is -2.08. The summed E-state index contributed by atoms with van der Waals surface area (Å²) in [5.74, 6) is -1.27. The Labute approximate surface area is 145 Å². The molecule has 0 bridgehead atoms. The van der Waals surface area contributed by atoms with E-state index >= 15 is 0 Å². The van der Waals surface area contributed by atoms with Gasteiger partial charge in [-0.05, 0) is 17.2 Å². The zero-order valence-corrected chi connectivity index (χ0v) is 13.5. The van der Waals surface area contributed by atoms with Crippen molar-refractivity contribution in [3.8, 4) is 11.3 Å². The number of aromatic nitrogens is 2. The Morgan fingerprint density at radius 2 is 1.76 bits per heavy atom. The van der Waals surface area contributed by atoms with Crippen molar-refractivity contribution < 1.29 is 9.90 Å². The first-order valence-corrected chi connectivity index (χ1v) is 7.83. The highest BCUT2D eigenvalue weighted by molar-refractivity contribution is 5.90. The van der Waals surface area contributed by atoms with E-state index in [9.17, 15) is 4.79 Å². The lowest BCUT2D eigenvalue weighted by Crippen LogP contribution is -2.12. The fraction of sp³-hybridized carbons (Fsp3) is 0.105. The minimum atomic E-state index is -1.19. The van der Waals surface area contributed by atoms with Gasteiger partial charge in [-0.3, -0.25) is 0 Å². The van der Waals surface area contributed by atoms with Crippen LogP contribution in [0.1, 0.15) is 21.6 Å². The number of hydrogen-bond donors (Lipinski definition) is 3. The van der Waals surface area contributed by atoms with Gasteiger partial charge in [0.05, 0.1) is 11.9 Å². The Hall–Kier alpha value is -3.25. The number of rotatable bonds is 6. The zero-order valence-electron chi connectivity index (χ0n) is 13.5. The lowest BCUT2D eigenvalue weighted by atomic mass is 10.1. The molecule has 0 fully saturated rings. The van der Waals surface area contributed by atoms with Crippen molar-refractivity contribution in [2.75, 3.05) is 5.73 Å². The predicted octanol–water partition coefficient (Wildman–Crippen LogP) is 2.71. The van der Waals surface area contributed by atoms with Crippen molar-refractivity contribution in [1.82, 2.24) is 15.3 Å². The van der Waals surface area contributed by atoms with E-state index in [0.29, 0.717) is 12.2 Å². The molecule has 25 heavy (non-hydrogen) atoms. The molecular weight excluding hydrogens is 316 g/mol. The Morgan fingerprint density at radius 3 is 2.52 bits per heavy atom. The molecule has 0 saturated heterocycles. The molecule has 0 saturated carbocycles. The fourth-order valence-corrected chi connectivity index (χ4v) is 2.48. The van der Waals surface area contributed by atoms with E-state index in [4.69, 9.17) is 10.8 Å². The molecule has 1 heterocycles. The standard InChI is InChI=1S/C19H18N4O2/c20-18-17(19(24)25)23-16(12-22-18)15-8-4-7-14(9-15)11-21-10-13-5-2-1-3-6-13/h1-9,12,21H,10-11H2,(H2,20,22)(H,24,25). The van der Waals surface area contributed by atoms with E-state index in [1.807, 2.05) is 42.5 Å². The Morgan fingerprint density at radius 1 is 1.04 bits per heavy atom. The summed E-state index contributed by atoms with van der Waals surface area (Å²) >= 11 is 0. The summed E-state index contributed by atoms with van der Waals surface area (Å²) in [6.07, 6.45) is 1.48. The van der Waals surface area contributed by atoms with Gasteiger partial charge < -0.3 is 16.2 Å². The molecule has 6 heteroatoms. The summed E-state index contributed by atoms with van der Waals surface area (Å²) in [6.45, 7) is 1.47. The molecule has 0 amide bonds. The van der Waals surface area contributed by atoms with Crippen LogP contribution >= 0.6 is 0 Å². The molecule has 0 aliphatic carbocycles. The van der Waals surface area contributed by atoms with Crippen LogP contribution in [-0.2, 0) is 13.1 Å². The number of aromatic carboxylic acids is 1. The van der Waals surface area contributed by atoms with Gasteiger partial charge in [0, 0.05) is 18.7 Å². The van der Waals surface area contributed by atoms with Crippen molar-refractivity contribution in [2.45, 2.75) is 13.1 Å². The molecule has 3 aromatic rings. The lowest BCUT2D eigenvalue weighted by molar-refractivity contribution is 0.0691. The maximum atomic E-state index is 11.2. The number of hydrogen-bond acceptors (Lipinski definition) is 5. The molecule has 0 radical (unpaired) electrons. The Balaban J connectivity index is 1.73. The first-order chi connectivity index (χ1) is 12.1. The quantitative estimate of drug-likeness (QED) is 0.641. The third kappa shape index (κ3) is 4.19. The third-order valence-electron chi connectivity index (χ3n) is 3.73. The average Bonchev–Trinajstić information content (AvgIpc) is 2.63. The molecule has 4 N–H and O–H groups in total. The van der Waals surface area contributed by atoms with Crippen LogP contribution in [0.5, 0.6) is 0 Å². The molecule has 126 valence electrons. The summed E-state index contributed by atoms with van der Waals surface area (Å²) in [4.78, 5) is 19.2. The van der Waals surface area contributed by atoms with Crippen LogP contribution in [0.3, 0.4) is 0 Å². The van der Waals surface area contributed by atoms with Gasteiger partial charge in [-0.1, -0.05) is 48.5 Å². The van der Waals surface area contributed by atoms with Gasteiger partial charge in [-0.15, -0.1) is 0 Å². The molecule has 0 unspecified atom stereocenters. The van der Waals surface area contributed by atoms with E-state index in [1.165, 1.54) is 11.8 Å². The topological polar surface area (TPSA) is 101 Å². The van der Waals surface area contributed by atoms with Gasteiger partial charge in [0.1, 0.15) is 0 Å². The first kappa shape index (κ1) is 16.6. The second-order valence-electron chi connectivity index (χ2n) is 5.58. The first-order valence-electron chi connectivity index (χ1n) is 7.83. The Bertz CT molecular complexity index is 882. The van der Waals surface area contributed by atoms with Gasteiger partial charge in [0.2, 0.25) is 0 Å². The van der Waals surface area contributed by atoms with Gasteiger partial charge in [0.15, 0.2) is 11.5 Å². The van der Waals surface area contributed by atoms with Crippen molar-refractivity contribution in [1.29, 1.82) is 0 Å². The van der Waals surface area contributed by atoms with Crippen molar-refractivity contribution >= 4 is 11.8 Å². The van der Waals surface area contributed by atoms with Crippen molar-refractivity contribution in [2.24, 2.45) is 0 Å². The summed E-state index contributed by atoms with van der Waals surface area (Å²) in [7, 11) is 0. The predicted molar refractivity (Wildman–Crippen MR) is 95.8 cm³/mol. The van der Waals surface area contributed by atoms with Crippen LogP contribution in [0.4, 0.5) is 5.82 Å². The molecule has 6 nitrogen and oxygen atoms in total.